The fourth-order valence-corrected chi connectivity index (χ4v) is 3.91. The van der Waals surface area contributed by atoms with Crippen molar-refractivity contribution in [3.05, 3.63) is 0 Å². The van der Waals surface area contributed by atoms with Crippen molar-refractivity contribution in [3.63, 3.8) is 0 Å². The highest BCUT2D eigenvalue weighted by Crippen LogP contribution is 2.26. The zero-order valence-electron chi connectivity index (χ0n) is 13.3. The third-order valence-corrected chi connectivity index (χ3v) is 5.15. The Morgan fingerprint density at radius 2 is 2.05 bits per heavy atom. The largest absolute Gasteiger partial charge is 0.376 e. The van der Waals surface area contributed by atoms with Gasteiger partial charge in [-0.2, -0.15) is 0 Å². The molecule has 0 aromatic heterocycles. The van der Waals surface area contributed by atoms with Gasteiger partial charge in [-0.15, -0.1) is 0 Å². The Kier molecular flexibility index (Phi) is 5.36. The highest BCUT2D eigenvalue weighted by atomic mass is 16.5. The van der Waals surface area contributed by atoms with E-state index in [1.807, 2.05) is 7.05 Å². The lowest BCUT2D eigenvalue weighted by Crippen LogP contribution is -2.47. The zero-order valence-corrected chi connectivity index (χ0v) is 13.3. The maximum absolute atomic E-state index is 5.65. The number of ether oxygens (including phenoxy) is 1. The standard InChI is InChI=1S/C16H30N4O/c1-17-16(18-11-15-7-4-10-21-15)19-13-8-9-20(12-13)14-5-2-3-6-14/h13-15H,2-12H2,1H3,(H2,17,18,19). The summed E-state index contributed by atoms with van der Waals surface area (Å²) in [4.78, 5) is 7.03. The third kappa shape index (κ3) is 4.10. The van der Waals surface area contributed by atoms with E-state index in [1.54, 1.807) is 0 Å². The summed E-state index contributed by atoms with van der Waals surface area (Å²) in [6, 6.07) is 1.39. The van der Waals surface area contributed by atoms with E-state index in [2.05, 4.69) is 20.5 Å². The summed E-state index contributed by atoms with van der Waals surface area (Å²) in [7, 11) is 1.86. The predicted molar refractivity (Wildman–Crippen MR) is 85.7 cm³/mol. The van der Waals surface area contributed by atoms with Gasteiger partial charge in [-0.05, 0) is 32.1 Å². The van der Waals surface area contributed by atoms with Crippen LogP contribution >= 0.6 is 0 Å². The Morgan fingerprint density at radius 1 is 1.19 bits per heavy atom. The number of nitrogens with one attached hydrogen (secondary N) is 2. The Hall–Kier alpha value is -0.810. The van der Waals surface area contributed by atoms with Crippen LogP contribution in [0.5, 0.6) is 0 Å². The molecule has 1 saturated carbocycles. The van der Waals surface area contributed by atoms with Crippen LogP contribution in [-0.2, 0) is 4.74 Å². The molecule has 21 heavy (non-hydrogen) atoms. The van der Waals surface area contributed by atoms with Crippen LogP contribution in [0.25, 0.3) is 0 Å². The molecule has 3 aliphatic rings. The SMILES string of the molecule is CN=C(NCC1CCCO1)NC1CCN(C2CCCC2)C1. The van der Waals surface area contributed by atoms with Crippen LogP contribution in [-0.4, -0.2) is 62.3 Å². The van der Waals surface area contributed by atoms with Crippen molar-refractivity contribution in [2.45, 2.75) is 63.1 Å². The number of hydrogen-bond acceptors (Lipinski definition) is 3. The molecule has 2 saturated heterocycles. The van der Waals surface area contributed by atoms with E-state index in [0.29, 0.717) is 12.1 Å². The Morgan fingerprint density at radius 3 is 2.76 bits per heavy atom. The molecule has 2 aliphatic heterocycles. The number of hydrogen-bond donors (Lipinski definition) is 2. The van der Waals surface area contributed by atoms with Crippen molar-refractivity contribution in [2.24, 2.45) is 4.99 Å². The van der Waals surface area contributed by atoms with E-state index in [9.17, 15) is 0 Å². The second kappa shape index (κ2) is 7.45. The molecule has 5 nitrogen and oxygen atoms in total. The molecule has 120 valence electrons. The summed E-state index contributed by atoms with van der Waals surface area (Å²) in [5, 5.41) is 7.00. The highest BCUT2D eigenvalue weighted by molar-refractivity contribution is 5.80. The molecule has 2 atom stereocenters. The molecule has 0 radical (unpaired) electrons. The van der Waals surface area contributed by atoms with E-state index in [-0.39, 0.29) is 0 Å². The molecular weight excluding hydrogens is 264 g/mol. The van der Waals surface area contributed by atoms with Crippen LogP contribution in [0.4, 0.5) is 0 Å². The minimum atomic E-state index is 0.363. The summed E-state index contributed by atoms with van der Waals surface area (Å²) < 4.78 is 5.65. The van der Waals surface area contributed by atoms with Crippen molar-refractivity contribution in [1.29, 1.82) is 0 Å². The zero-order chi connectivity index (χ0) is 14.5. The Bertz CT molecular complexity index is 348. The first-order chi connectivity index (χ1) is 10.3. The second-order valence-electron chi connectivity index (χ2n) is 6.65. The molecule has 3 rings (SSSR count). The van der Waals surface area contributed by atoms with E-state index in [1.165, 1.54) is 58.0 Å². The summed E-state index contributed by atoms with van der Waals surface area (Å²) >= 11 is 0. The third-order valence-electron chi connectivity index (χ3n) is 5.15. The average molecular weight is 294 g/mol. The molecular formula is C16H30N4O. The number of rotatable bonds is 4. The lowest BCUT2D eigenvalue weighted by molar-refractivity contribution is 0.113. The van der Waals surface area contributed by atoms with Crippen LogP contribution in [0.1, 0.15) is 44.9 Å². The summed E-state index contributed by atoms with van der Waals surface area (Å²) in [6.07, 6.45) is 9.60. The number of nitrogens with zero attached hydrogens (tertiary/aromatic N) is 2. The minimum absolute atomic E-state index is 0.363. The molecule has 5 heteroatoms. The molecule has 2 heterocycles. The van der Waals surface area contributed by atoms with Crippen LogP contribution in [0.3, 0.4) is 0 Å². The minimum Gasteiger partial charge on any atom is -0.376 e. The number of likely N-dealkylation sites (tertiary alicyclic amines) is 1. The first-order valence-electron chi connectivity index (χ1n) is 8.68. The van der Waals surface area contributed by atoms with Gasteiger partial charge < -0.3 is 15.4 Å². The molecule has 2 unspecified atom stereocenters. The van der Waals surface area contributed by atoms with Crippen molar-refractivity contribution in [3.8, 4) is 0 Å². The molecule has 2 N–H and O–H groups in total. The normalized spacial score (nSPS) is 32.0. The van der Waals surface area contributed by atoms with Crippen LogP contribution < -0.4 is 10.6 Å². The van der Waals surface area contributed by atoms with Crippen LogP contribution in [0, 0.1) is 0 Å². The van der Waals surface area contributed by atoms with Gasteiger partial charge in [0.2, 0.25) is 0 Å². The van der Waals surface area contributed by atoms with Crippen molar-refractivity contribution >= 4 is 5.96 Å². The van der Waals surface area contributed by atoms with Crippen LogP contribution in [0.15, 0.2) is 4.99 Å². The van der Waals surface area contributed by atoms with Gasteiger partial charge in [0.25, 0.3) is 0 Å². The van der Waals surface area contributed by atoms with Gasteiger partial charge in [0.15, 0.2) is 5.96 Å². The Balaban J connectivity index is 1.40. The van der Waals surface area contributed by atoms with Crippen LogP contribution in [0.2, 0.25) is 0 Å². The first kappa shape index (κ1) is 15.1. The first-order valence-corrected chi connectivity index (χ1v) is 8.68. The second-order valence-corrected chi connectivity index (χ2v) is 6.65. The van der Waals surface area contributed by atoms with Crippen molar-refractivity contribution in [2.75, 3.05) is 33.3 Å². The molecule has 0 spiro atoms. The van der Waals surface area contributed by atoms with Crippen molar-refractivity contribution in [1.82, 2.24) is 15.5 Å². The fraction of sp³-hybridized carbons (Fsp3) is 0.938. The highest BCUT2D eigenvalue weighted by Gasteiger charge is 2.30. The number of aliphatic imine (C=N–C) groups is 1. The Labute approximate surface area is 128 Å². The summed E-state index contributed by atoms with van der Waals surface area (Å²) in [5.41, 5.74) is 0. The summed E-state index contributed by atoms with van der Waals surface area (Å²) in [6.45, 7) is 4.20. The van der Waals surface area contributed by atoms with Gasteiger partial charge in [-0.25, -0.2) is 0 Å². The van der Waals surface area contributed by atoms with Gasteiger partial charge in [-0.1, -0.05) is 12.8 Å². The topological polar surface area (TPSA) is 48.9 Å². The number of guanidine groups is 1. The maximum atomic E-state index is 5.65. The van der Waals surface area contributed by atoms with Gasteiger partial charge in [0, 0.05) is 45.4 Å². The van der Waals surface area contributed by atoms with Gasteiger partial charge >= 0.3 is 0 Å². The quantitative estimate of drug-likeness (QED) is 0.607. The van der Waals surface area contributed by atoms with Crippen molar-refractivity contribution < 1.29 is 4.74 Å². The van der Waals surface area contributed by atoms with E-state index in [4.69, 9.17) is 4.74 Å². The smallest absolute Gasteiger partial charge is 0.191 e. The van der Waals surface area contributed by atoms with Gasteiger partial charge in [-0.3, -0.25) is 9.89 Å². The summed E-state index contributed by atoms with van der Waals surface area (Å²) in [5.74, 6) is 0.934. The molecule has 0 bridgehead atoms. The average Bonchev–Trinajstić information content (AvgIpc) is 3.24. The van der Waals surface area contributed by atoms with E-state index in [0.717, 1.165) is 25.2 Å². The fourth-order valence-electron chi connectivity index (χ4n) is 3.91. The molecule has 0 amide bonds. The molecule has 1 aliphatic carbocycles. The lowest BCUT2D eigenvalue weighted by atomic mass is 10.2. The van der Waals surface area contributed by atoms with E-state index >= 15 is 0 Å². The van der Waals surface area contributed by atoms with Gasteiger partial charge in [0.1, 0.15) is 0 Å². The lowest BCUT2D eigenvalue weighted by Gasteiger charge is -2.24. The predicted octanol–water partition coefficient (Wildman–Crippen LogP) is 1.35. The maximum Gasteiger partial charge on any atom is 0.191 e. The molecule has 0 aromatic carbocycles. The van der Waals surface area contributed by atoms with Gasteiger partial charge in [0.05, 0.1) is 6.10 Å². The molecule has 0 aromatic rings. The molecule has 3 fully saturated rings. The van der Waals surface area contributed by atoms with E-state index < -0.39 is 0 Å². The monoisotopic (exact) mass is 294 g/mol.